The highest BCUT2D eigenvalue weighted by Crippen LogP contribution is 2.33. The molecule has 0 unspecified atom stereocenters. The lowest BCUT2D eigenvalue weighted by molar-refractivity contribution is -0.113. The number of methoxy groups -OCH3 is 1. The first-order valence-electron chi connectivity index (χ1n) is 13.4. The van der Waals surface area contributed by atoms with E-state index in [0.29, 0.717) is 59.7 Å². The van der Waals surface area contributed by atoms with Gasteiger partial charge in [-0.3, -0.25) is 14.2 Å². The molecule has 0 spiro atoms. The van der Waals surface area contributed by atoms with Gasteiger partial charge in [0.1, 0.15) is 17.3 Å². The van der Waals surface area contributed by atoms with Crippen molar-refractivity contribution in [3.05, 3.63) is 138 Å². The van der Waals surface area contributed by atoms with E-state index in [9.17, 15) is 19.5 Å². The number of amides is 1. The molecule has 0 fully saturated rings. The number of nitrogens with zero attached hydrogens (tertiary/aromatic N) is 2. The Morgan fingerprint density at radius 1 is 1.07 bits per heavy atom. The van der Waals surface area contributed by atoms with Crippen molar-refractivity contribution in [3.63, 3.8) is 0 Å². The van der Waals surface area contributed by atoms with Gasteiger partial charge < -0.3 is 19.6 Å². The topological polar surface area (TPSA) is 123 Å². The number of aromatic nitrogens is 1. The van der Waals surface area contributed by atoms with Gasteiger partial charge in [-0.05, 0) is 67.1 Å². The van der Waals surface area contributed by atoms with Gasteiger partial charge in [-0.1, -0.05) is 53.3 Å². The van der Waals surface area contributed by atoms with Crippen molar-refractivity contribution in [1.82, 2.24) is 4.57 Å². The third-order valence-corrected chi connectivity index (χ3v) is 8.42. The molecule has 0 aliphatic carbocycles. The lowest BCUT2D eigenvalue weighted by Crippen LogP contribution is -2.40. The van der Waals surface area contributed by atoms with Crippen LogP contribution in [0.5, 0.6) is 5.75 Å². The lowest BCUT2D eigenvalue weighted by atomic mass is 9.95. The maximum absolute atomic E-state index is 14.0. The average Bonchev–Trinajstić information content (AvgIpc) is 3.61. The number of thiazole rings is 1. The van der Waals surface area contributed by atoms with Crippen molar-refractivity contribution < 1.29 is 23.8 Å². The van der Waals surface area contributed by atoms with Crippen LogP contribution in [-0.4, -0.2) is 28.7 Å². The number of allylic oxidation sites excluding steroid dienone is 1. The highest BCUT2D eigenvalue weighted by atomic mass is 35.5. The number of hydrogen-bond donors (Lipinski definition) is 2. The first kappa shape index (κ1) is 28.9. The van der Waals surface area contributed by atoms with Crippen molar-refractivity contribution in [2.45, 2.75) is 13.0 Å². The summed E-state index contributed by atoms with van der Waals surface area (Å²) in [5.41, 5.74) is 2.28. The second-order valence-corrected chi connectivity index (χ2v) is 11.3. The molecule has 0 bridgehead atoms. The SMILES string of the molecule is COc1ccc([C@@H]2C(C(=O)Nc3ccccc3)=C(C)N=c3s/c(=C/c4ccc(-c5cc(C(=O)O)ccc5Cl)o4)c(=O)n32)cc1. The van der Waals surface area contributed by atoms with Gasteiger partial charge in [-0.15, -0.1) is 0 Å². The summed E-state index contributed by atoms with van der Waals surface area (Å²) < 4.78 is 13.1. The molecular formula is C33H24ClN3O6S. The summed E-state index contributed by atoms with van der Waals surface area (Å²) in [5, 5.41) is 12.6. The Balaban J connectivity index is 1.44. The molecule has 3 heterocycles. The third-order valence-electron chi connectivity index (χ3n) is 7.11. The third kappa shape index (κ3) is 5.48. The first-order valence-corrected chi connectivity index (χ1v) is 14.6. The number of hydrogen-bond acceptors (Lipinski definition) is 7. The summed E-state index contributed by atoms with van der Waals surface area (Å²) in [6, 6.07) is 23.2. The van der Waals surface area contributed by atoms with Crippen LogP contribution in [0.4, 0.5) is 5.69 Å². The molecule has 1 aliphatic rings. The zero-order chi connectivity index (χ0) is 31.0. The quantitative estimate of drug-likeness (QED) is 0.246. The predicted molar refractivity (Wildman–Crippen MR) is 168 cm³/mol. The lowest BCUT2D eigenvalue weighted by Gasteiger charge is -2.25. The number of aromatic carboxylic acids is 1. The van der Waals surface area contributed by atoms with Gasteiger partial charge in [0, 0.05) is 17.3 Å². The minimum Gasteiger partial charge on any atom is -0.497 e. The second-order valence-electron chi connectivity index (χ2n) is 9.88. The van der Waals surface area contributed by atoms with E-state index in [2.05, 4.69) is 10.3 Å². The van der Waals surface area contributed by atoms with Crippen LogP contribution in [-0.2, 0) is 4.79 Å². The number of fused-ring (bicyclic) bond motifs is 1. The normalized spacial score (nSPS) is 14.6. The van der Waals surface area contributed by atoms with E-state index < -0.39 is 12.0 Å². The number of carboxylic acids is 1. The molecule has 5 aromatic rings. The molecule has 0 saturated heterocycles. The Hall–Kier alpha value is -5.19. The predicted octanol–water partition coefficient (Wildman–Crippen LogP) is 5.49. The number of anilines is 1. The zero-order valence-corrected chi connectivity index (χ0v) is 25.0. The van der Waals surface area contributed by atoms with Crippen molar-refractivity contribution in [2.24, 2.45) is 4.99 Å². The summed E-state index contributed by atoms with van der Waals surface area (Å²) in [4.78, 5) is 44.2. The van der Waals surface area contributed by atoms with Crippen molar-refractivity contribution in [1.29, 1.82) is 0 Å². The fourth-order valence-electron chi connectivity index (χ4n) is 4.98. The number of furan rings is 1. The smallest absolute Gasteiger partial charge is 0.335 e. The van der Waals surface area contributed by atoms with Crippen molar-refractivity contribution >= 4 is 46.6 Å². The van der Waals surface area contributed by atoms with E-state index in [4.69, 9.17) is 20.8 Å². The molecule has 1 atom stereocenters. The Morgan fingerprint density at radius 2 is 1.82 bits per heavy atom. The van der Waals surface area contributed by atoms with E-state index in [-0.39, 0.29) is 17.0 Å². The van der Waals surface area contributed by atoms with Crippen LogP contribution < -0.4 is 24.9 Å². The Kier molecular flexibility index (Phi) is 7.77. The molecule has 2 N–H and O–H groups in total. The Bertz CT molecular complexity index is 2130. The summed E-state index contributed by atoms with van der Waals surface area (Å²) in [7, 11) is 1.57. The summed E-state index contributed by atoms with van der Waals surface area (Å²) in [5.74, 6) is -0.109. The molecule has 3 aromatic carbocycles. The maximum Gasteiger partial charge on any atom is 0.335 e. The van der Waals surface area contributed by atoms with Crippen LogP contribution in [0.15, 0.2) is 110 Å². The van der Waals surface area contributed by atoms with Gasteiger partial charge in [-0.2, -0.15) is 0 Å². The number of carboxylic acid groups (broad SMARTS) is 1. The maximum atomic E-state index is 14.0. The molecule has 44 heavy (non-hydrogen) atoms. The molecule has 2 aromatic heterocycles. The molecule has 1 aliphatic heterocycles. The Morgan fingerprint density at radius 3 is 2.52 bits per heavy atom. The van der Waals surface area contributed by atoms with Gasteiger partial charge in [0.15, 0.2) is 4.80 Å². The summed E-state index contributed by atoms with van der Waals surface area (Å²) in [6.45, 7) is 1.75. The largest absolute Gasteiger partial charge is 0.497 e. The monoisotopic (exact) mass is 625 g/mol. The number of para-hydroxylation sites is 1. The van der Waals surface area contributed by atoms with Crippen LogP contribution in [0.1, 0.15) is 34.6 Å². The molecular weight excluding hydrogens is 602 g/mol. The van der Waals surface area contributed by atoms with Crippen molar-refractivity contribution in [3.8, 4) is 17.1 Å². The van der Waals surface area contributed by atoms with Gasteiger partial charge in [0.05, 0.1) is 39.5 Å². The summed E-state index contributed by atoms with van der Waals surface area (Å²) in [6.07, 6.45) is 1.59. The van der Waals surface area contributed by atoms with Crippen LogP contribution >= 0.6 is 22.9 Å². The van der Waals surface area contributed by atoms with Gasteiger partial charge >= 0.3 is 5.97 Å². The molecule has 6 rings (SSSR count). The van der Waals surface area contributed by atoms with E-state index in [1.165, 1.54) is 34.1 Å². The minimum absolute atomic E-state index is 0.0664. The van der Waals surface area contributed by atoms with Crippen LogP contribution in [0, 0.1) is 0 Å². The van der Waals surface area contributed by atoms with E-state index in [0.717, 1.165) is 0 Å². The molecule has 0 radical (unpaired) electrons. The fourth-order valence-corrected chi connectivity index (χ4v) is 6.22. The van der Waals surface area contributed by atoms with Gasteiger partial charge in [0.25, 0.3) is 11.5 Å². The van der Waals surface area contributed by atoms with E-state index in [1.54, 1.807) is 56.5 Å². The number of benzene rings is 3. The van der Waals surface area contributed by atoms with Crippen LogP contribution in [0.25, 0.3) is 17.4 Å². The summed E-state index contributed by atoms with van der Waals surface area (Å²) >= 11 is 7.50. The van der Waals surface area contributed by atoms with Gasteiger partial charge in [-0.25, -0.2) is 9.79 Å². The average molecular weight is 626 g/mol. The molecule has 11 heteroatoms. The Labute approximate surface area is 259 Å². The molecule has 9 nitrogen and oxygen atoms in total. The van der Waals surface area contributed by atoms with E-state index >= 15 is 0 Å². The van der Waals surface area contributed by atoms with Crippen molar-refractivity contribution in [2.75, 3.05) is 12.4 Å². The number of carbonyl (C=O) groups excluding carboxylic acids is 1. The number of rotatable bonds is 7. The zero-order valence-electron chi connectivity index (χ0n) is 23.4. The highest BCUT2D eigenvalue weighted by molar-refractivity contribution is 7.07. The standard InChI is InChI=1S/C33H24ClN3O6S/c1-18-28(30(38)36-21-6-4-3-5-7-21)29(19-8-11-22(42-2)12-9-19)37-31(39)27(44-33(37)35-18)17-23-13-15-26(43-23)24-16-20(32(40)41)10-14-25(24)34/h3-17,29H,1-2H3,(H,36,38)(H,40,41)/b27-17+/t29-/m1/s1. The highest BCUT2D eigenvalue weighted by Gasteiger charge is 2.32. The number of carbonyl (C=O) groups is 2. The number of halogens is 1. The van der Waals surface area contributed by atoms with Gasteiger partial charge in [0.2, 0.25) is 0 Å². The van der Waals surface area contributed by atoms with Crippen LogP contribution in [0.3, 0.4) is 0 Å². The minimum atomic E-state index is -1.09. The van der Waals surface area contributed by atoms with Crippen LogP contribution in [0.2, 0.25) is 5.02 Å². The second kappa shape index (κ2) is 11.8. The molecule has 220 valence electrons. The number of ether oxygens (including phenoxy) is 1. The first-order chi connectivity index (χ1) is 21.2. The van der Waals surface area contributed by atoms with E-state index in [1.807, 2.05) is 30.3 Å². The molecule has 0 saturated carbocycles. The fraction of sp³-hybridized carbons (Fsp3) is 0.0909. The molecule has 1 amide bonds. The number of nitrogens with one attached hydrogen (secondary N) is 1.